The van der Waals surface area contributed by atoms with E-state index in [1.807, 2.05) is 13.8 Å². The summed E-state index contributed by atoms with van der Waals surface area (Å²) in [5.74, 6) is -0.117. The number of benzene rings is 2. The fourth-order valence-electron chi connectivity index (χ4n) is 2.00. The van der Waals surface area contributed by atoms with Gasteiger partial charge in [0.15, 0.2) is 0 Å². The van der Waals surface area contributed by atoms with Crippen molar-refractivity contribution in [3.63, 3.8) is 0 Å². The second-order valence-electron chi connectivity index (χ2n) is 8.50. The van der Waals surface area contributed by atoms with Crippen LogP contribution in [0.25, 0.3) is 0 Å². The number of halogens is 6. The van der Waals surface area contributed by atoms with Gasteiger partial charge in [-0.15, -0.1) is 0 Å². The Morgan fingerprint density at radius 1 is 0.727 bits per heavy atom. The van der Waals surface area contributed by atoms with Crippen LogP contribution < -0.4 is 0 Å². The average Bonchev–Trinajstić information content (AvgIpc) is 2.68. The Balaban J connectivity index is 0.000000424. The molecule has 0 heterocycles. The molecule has 3 rings (SSSR count). The van der Waals surface area contributed by atoms with Gasteiger partial charge in [0.05, 0.1) is 0 Å². The molecule has 0 saturated carbocycles. The Hall–Kier alpha value is -2.14. The van der Waals surface area contributed by atoms with Gasteiger partial charge in [-0.25, -0.2) is 22.0 Å². The van der Waals surface area contributed by atoms with Crippen LogP contribution in [0.15, 0.2) is 66.3 Å². The van der Waals surface area contributed by atoms with Crippen molar-refractivity contribution in [2.24, 2.45) is 11.8 Å². The first-order valence-electron chi connectivity index (χ1n) is 10.9. The molecule has 33 heavy (non-hydrogen) atoms. The summed E-state index contributed by atoms with van der Waals surface area (Å²) < 4.78 is 60.6. The predicted octanol–water partition coefficient (Wildman–Crippen LogP) is 10.4. The molecule has 2 aromatic carbocycles. The maximum Gasteiger partial charge on any atom is 0.126 e. The molecule has 0 saturated heterocycles. The van der Waals surface area contributed by atoms with Crippen LogP contribution in [0.5, 0.6) is 0 Å². The molecule has 0 spiro atoms. The molecule has 0 fully saturated rings. The topological polar surface area (TPSA) is 0 Å². The summed E-state index contributed by atoms with van der Waals surface area (Å²) in [5, 5.41) is 0.466. The lowest BCUT2D eigenvalue weighted by Crippen LogP contribution is -1.95. The van der Waals surface area contributed by atoms with E-state index in [0.29, 0.717) is 23.8 Å². The van der Waals surface area contributed by atoms with E-state index in [9.17, 15) is 22.0 Å². The quantitative estimate of drug-likeness (QED) is 0.369. The minimum atomic E-state index is -0.537. The van der Waals surface area contributed by atoms with Gasteiger partial charge in [0.2, 0.25) is 0 Å². The summed E-state index contributed by atoms with van der Waals surface area (Å²) >= 11 is 5.65. The van der Waals surface area contributed by atoms with E-state index in [-0.39, 0.29) is 11.6 Å². The highest BCUT2D eigenvalue weighted by atomic mass is 35.5. The molecule has 0 nitrogen and oxygen atoms in total. The molecule has 1 aliphatic carbocycles. The lowest BCUT2D eigenvalue weighted by molar-refractivity contribution is 0.457. The summed E-state index contributed by atoms with van der Waals surface area (Å²) in [7, 11) is 0. The Kier molecular flexibility index (Phi) is 15.4. The normalized spacial score (nSPS) is 12.6. The van der Waals surface area contributed by atoms with Gasteiger partial charge in [-0.3, -0.25) is 0 Å². The van der Waals surface area contributed by atoms with Crippen LogP contribution >= 0.6 is 11.6 Å². The Labute approximate surface area is 200 Å². The smallest absolute Gasteiger partial charge is 0.126 e. The van der Waals surface area contributed by atoms with Gasteiger partial charge >= 0.3 is 0 Å². The third kappa shape index (κ3) is 16.2. The largest absolute Gasteiger partial charge is 0.212 e. The monoisotopic (exact) mass is 488 g/mol. The summed E-state index contributed by atoms with van der Waals surface area (Å²) in [6.45, 7) is 13.0. The van der Waals surface area contributed by atoms with Gasteiger partial charge in [0.25, 0.3) is 0 Å². The zero-order chi connectivity index (χ0) is 25.6. The van der Waals surface area contributed by atoms with Crippen molar-refractivity contribution in [1.29, 1.82) is 0 Å². The lowest BCUT2D eigenvalue weighted by atomic mass is 10.0. The first-order valence-corrected chi connectivity index (χ1v) is 11.3. The van der Waals surface area contributed by atoms with E-state index in [0.717, 1.165) is 29.5 Å². The molecule has 6 heteroatoms. The van der Waals surface area contributed by atoms with E-state index in [1.54, 1.807) is 6.07 Å². The van der Waals surface area contributed by atoms with E-state index >= 15 is 0 Å². The van der Waals surface area contributed by atoms with E-state index < -0.39 is 17.5 Å². The molecule has 2 aromatic rings. The fourth-order valence-corrected chi connectivity index (χ4v) is 2.23. The number of allylic oxidation sites excluding steroid dienone is 4. The van der Waals surface area contributed by atoms with Crippen LogP contribution in [0, 0.1) is 29.3 Å². The molecule has 0 bridgehead atoms. The lowest BCUT2D eigenvalue weighted by Gasteiger charge is -2.05. The fraction of sp³-hybridized carbons (Fsp3) is 0.407. The molecular weight excluding hydrogens is 455 g/mol. The van der Waals surface area contributed by atoms with Gasteiger partial charge < -0.3 is 0 Å². The average molecular weight is 489 g/mol. The summed E-state index contributed by atoms with van der Waals surface area (Å²) in [6, 6.07) is 9.16. The molecule has 0 aliphatic heterocycles. The molecule has 0 atom stereocenters. The maximum absolute atomic E-state index is 12.7. The highest BCUT2D eigenvalue weighted by Gasteiger charge is 2.02. The number of hydrogen-bond acceptors (Lipinski definition) is 0. The third-order valence-corrected chi connectivity index (χ3v) is 4.91. The number of hydrogen-bond donors (Lipinski definition) is 0. The van der Waals surface area contributed by atoms with Crippen molar-refractivity contribution in [3.05, 3.63) is 94.3 Å². The second-order valence-corrected chi connectivity index (χ2v) is 8.94. The van der Waals surface area contributed by atoms with Gasteiger partial charge in [0, 0.05) is 23.6 Å². The number of rotatable bonds is 2. The third-order valence-electron chi connectivity index (χ3n) is 4.69. The Morgan fingerprint density at radius 2 is 1.27 bits per heavy atom. The van der Waals surface area contributed by atoms with E-state index in [2.05, 4.69) is 27.7 Å². The molecule has 1 aliphatic rings. The highest BCUT2D eigenvalue weighted by Crippen LogP contribution is 2.20. The maximum atomic E-state index is 12.7. The van der Waals surface area contributed by atoms with Crippen LogP contribution in [-0.4, -0.2) is 0 Å². The molecule has 0 aromatic heterocycles. The standard InChI is InChI=1S/C9H10ClF.C6H6F2.C6H4F2.C6H14/c1-6(2)7-3-8(10)5-9(11)4-7;2*7-5-2-1-3-6(8)4-5;1-5(2)6(3)4/h3-6H,1-2H3;2,4H,1,3H2;1-4H;5-6H,1-4H3. The SMILES string of the molecule is CC(C)C(C)C.CC(C)c1cc(F)cc(Cl)c1.FC1=CCCC(F)=C1.Fc1cccc(F)c1. The van der Waals surface area contributed by atoms with Gasteiger partial charge in [-0.05, 0) is 66.1 Å². The van der Waals surface area contributed by atoms with Crippen molar-refractivity contribution >= 4 is 11.6 Å². The molecule has 0 radical (unpaired) electrons. The van der Waals surface area contributed by atoms with Crippen LogP contribution in [0.4, 0.5) is 22.0 Å². The zero-order valence-corrected chi connectivity index (χ0v) is 20.9. The molecule has 0 amide bonds. The van der Waals surface area contributed by atoms with Crippen LogP contribution in [0.1, 0.15) is 65.9 Å². The zero-order valence-electron chi connectivity index (χ0n) is 20.1. The second kappa shape index (κ2) is 16.5. The van der Waals surface area contributed by atoms with Crippen molar-refractivity contribution in [1.82, 2.24) is 0 Å². The Bertz CT molecular complexity index is 842. The van der Waals surface area contributed by atoms with Crippen molar-refractivity contribution < 1.29 is 22.0 Å². The summed E-state index contributed by atoms with van der Waals surface area (Å²) in [6.07, 6.45) is 3.15. The van der Waals surface area contributed by atoms with Crippen molar-refractivity contribution in [2.45, 2.75) is 60.3 Å². The minimum absolute atomic E-state index is 0.263. The van der Waals surface area contributed by atoms with Gasteiger partial charge in [-0.2, -0.15) is 0 Å². The van der Waals surface area contributed by atoms with Crippen LogP contribution in [0.2, 0.25) is 5.02 Å². The Morgan fingerprint density at radius 3 is 1.58 bits per heavy atom. The molecule has 0 N–H and O–H groups in total. The van der Waals surface area contributed by atoms with Crippen LogP contribution in [0.3, 0.4) is 0 Å². The van der Waals surface area contributed by atoms with Gasteiger partial charge in [0.1, 0.15) is 29.1 Å². The molecule has 184 valence electrons. The van der Waals surface area contributed by atoms with E-state index in [1.165, 1.54) is 36.4 Å². The highest BCUT2D eigenvalue weighted by molar-refractivity contribution is 6.30. The van der Waals surface area contributed by atoms with Crippen molar-refractivity contribution in [3.8, 4) is 0 Å². The summed E-state index contributed by atoms with van der Waals surface area (Å²) in [4.78, 5) is 0. The van der Waals surface area contributed by atoms with E-state index in [4.69, 9.17) is 11.6 Å². The van der Waals surface area contributed by atoms with Crippen molar-refractivity contribution in [2.75, 3.05) is 0 Å². The van der Waals surface area contributed by atoms with Gasteiger partial charge in [-0.1, -0.05) is 59.2 Å². The first-order chi connectivity index (χ1) is 15.3. The summed E-state index contributed by atoms with van der Waals surface area (Å²) in [5.41, 5.74) is 0.940. The molecular formula is C27H34ClF5. The minimum Gasteiger partial charge on any atom is -0.212 e. The predicted molar refractivity (Wildman–Crippen MR) is 129 cm³/mol. The molecule has 0 unspecified atom stereocenters. The first kappa shape index (κ1) is 30.9. The van der Waals surface area contributed by atoms with Crippen LogP contribution in [-0.2, 0) is 0 Å².